The average Bonchev–Trinajstić information content (AvgIpc) is 1.55. The molecule has 9 aromatic carbocycles. The Bertz CT molecular complexity index is 6000. The van der Waals surface area contributed by atoms with Crippen LogP contribution in [0.15, 0.2) is 214 Å². The fourth-order valence-corrected chi connectivity index (χ4v) is 29.6. The molecule has 0 radical (unpaired) electrons. The van der Waals surface area contributed by atoms with Gasteiger partial charge in [-0.3, -0.25) is 0 Å². The van der Waals surface area contributed by atoms with Gasteiger partial charge in [-0.2, -0.15) is 0 Å². The standard InChI is InChI=1S/C50H62S4.C28H20S4.C20H12S4/c1-3-5-7-9-11-13-15-17-19-21-23-39-27-31-45(51-39)37-25-29-41-43-35-50-44(36-49(43)53-47(41)33-37)42-30-26-38(34-48(42)54-50)46-32-28-40(52-46)24-22-20-18-16-14-12-10-8-6-4-2;1-17-3-7-19(8-4-17)29-21-11-13-23-25(15-21)31-28-24-14-12-22(16-26(24)32-27(23)28)30-20-9-5-18(2)6-10-20;1-9-7-13-15(21-9)5-3-11-17(13)23-20-12-4-6-16-14(8-10(2)22-16)18(12)24-19(11)20/h25-36H,3-24H2,1-2H3;3-16H,1-2H3;3-8H,1-2H3. The molecule has 0 bridgehead atoms. The molecule has 110 heavy (non-hydrogen) atoms. The van der Waals surface area contributed by atoms with Crippen molar-refractivity contribution in [2.75, 3.05) is 0 Å². The molecule has 0 saturated heterocycles. The van der Waals surface area contributed by atoms with Gasteiger partial charge < -0.3 is 0 Å². The van der Waals surface area contributed by atoms with Crippen molar-refractivity contribution in [3.63, 3.8) is 0 Å². The summed E-state index contributed by atoms with van der Waals surface area (Å²) in [5, 5.41) is 14.1. The van der Waals surface area contributed by atoms with E-state index in [-0.39, 0.29) is 0 Å². The number of rotatable bonds is 28. The van der Waals surface area contributed by atoms with Gasteiger partial charge in [-0.25, -0.2) is 0 Å². The van der Waals surface area contributed by atoms with Crippen LogP contribution in [0.4, 0.5) is 0 Å². The quantitative estimate of drug-likeness (QED) is 0.0448. The average molecular weight is 1660 g/mol. The number of unbranched alkanes of at least 4 members (excludes halogenated alkanes) is 18. The van der Waals surface area contributed by atoms with Crippen molar-refractivity contribution in [1.82, 2.24) is 0 Å². The monoisotopic (exact) mass is 1650 g/mol. The van der Waals surface area contributed by atoms with Crippen LogP contribution in [0.25, 0.3) is 141 Å². The fraction of sp³-hybridized carbons (Fsp3) is 0.286. The van der Waals surface area contributed by atoms with Gasteiger partial charge in [0.1, 0.15) is 0 Å². The molecule has 0 atom stereocenters. The van der Waals surface area contributed by atoms with Crippen molar-refractivity contribution >= 4 is 257 Å². The Morgan fingerprint density at radius 2 is 0.564 bits per heavy atom. The predicted molar refractivity (Wildman–Crippen MR) is 510 cm³/mol. The minimum absolute atomic E-state index is 1.23. The van der Waals surface area contributed by atoms with Gasteiger partial charge in [0.05, 0.1) is 18.8 Å². The highest BCUT2D eigenvalue weighted by Gasteiger charge is 2.20. The van der Waals surface area contributed by atoms with Gasteiger partial charge in [0.2, 0.25) is 0 Å². The molecule has 12 heteroatoms. The summed E-state index contributed by atoms with van der Waals surface area (Å²) >= 11 is 23.2. The SMILES string of the molecule is CCCCCCCCCCCCc1ccc(-c2ccc3c(c2)sc2cc4c(cc23)sc2cc(-c3ccc(CCCCCCCCCCCC)s3)ccc24)s1.Cc1cc2c(ccc3c2sc2c4ccc5sc(C)cc5c4sc32)s1.Cc1ccc(Sc2ccc3c(c2)sc2c4ccc(Sc5ccc(C)cc5)cc4sc32)cc1. The Kier molecular flexibility index (Phi) is 24.5. The summed E-state index contributed by atoms with van der Waals surface area (Å²) in [5.41, 5.74) is 5.34. The molecule has 0 amide bonds. The Balaban J connectivity index is 0.000000132. The normalized spacial score (nSPS) is 12.1. The van der Waals surface area contributed by atoms with Crippen LogP contribution in [0.2, 0.25) is 0 Å². The largest absolute Gasteiger partial charge is 0.141 e. The van der Waals surface area contributed by atoms with E-state index in [0.29, 0.717) is 0 Å². The molecule has 0 fully saturated rings. The van der Waals surface area contributed by atoms with Gasteiger partial charge in [0.15, 0.2) is 0 Å². The molecule has 0 aliphatic heterocycles. The Morgan fingerprint density at radius 3 is 0.973 bits per heavy atom. The van der Waals surface area contributed by atoms with E-state index in [2.05, 4.69) is 236 Å². The van der Waals surface area contributed by atoms with Crippen molar-refractivity contribution in [3.8, 4) is 20.9 Å². The van der Waals surface area contributed by atoms with Crippen LogP contribution in [0.5, 0.6) is 0 Å². The Morgan fingerprint density at radius 1 is 0.218 bits per heavy atom. The molecular formula is C98H94S12. The van der Waals surface area contributed by atoms with Crippen LogP contribution in [-0.2, 0) is 12.8 Å². The van der Waals surface area contributed by atoms with E-state index >= 15 is 0 Å². The lowest BCUT2D eigenvalue weighted by Gasteiger charge is -2.03. The third-order valence-corrected chi connectivity index (χ3v) is 35.5. The molecular weight excluding hydrogens is 1560 g/mol. The minimum atomic E-state index is 1.23. The van der Waals surface area contributed by atoms with Crippen molar-refractivity contribution in [3.05, 3.63) is 225 Å². The number of benzene rings is 9. The highest BCUT2D eigenvalue weighted by molar-refractivity contribution is 7.99. The maximum Gasteiger partial charge on any atom is 0.0542 e. The number of hydrogen-bond acceptors (Lipinski definition) is 12. The molecule has 0 unspecified atom stereocenters. The summed E-state index contributed by atoms with van der Waals surface area (Å²) in [6.45, 7) is 13.3. The molecule has 0 saturated carbocycles. The van der Waals surface area contributed by atoms with Crippen molar-refractivity contribution < 1.29 is 0 Å². The number of fused-ring (bicyclic) bond motifs is 20. The van der Waals surface area contributed by atoms with Gasteiger partial charge >= 0.3 is 0 Å². The highest BCUT2D eigenvalue weighted by atomic mass is 32.2. The van der Waals surface area contributed by atoms with Gasteiger partial charge in [0, 0.05) is 150 Å². The van der Waals surface area contributed by atoms with Crippen LogP contribution in [0.1, 0.15) is 173 Å². The second-order valence-corrected chi connectivity index (χ2v) is 43.7. The van der Waals surface area contributed by atoms with Crippen LogP contribution in [0.3, 0.4) is 0 Å². The van der Waals surface area contributed by atoms with E-state index in [1.807, 2.05) is 137 Å². The van der Waals surface area contributed by atoms with E-state index < -0.39 is 0 Å². The molecule has 10 aromatic heterocycles. The Labute approximate surface area is 697 Å². The lowest BCUT2D eigenvalue weighted by atomic mass is 10.1. The molecule has 558 valence electrons. The van der Waals surface area contributed by atoms with Crippen molar-refractivity contribution in [2.24, 2.45) is 0 Å². The third kappa shape index (κ3) is 17.1. The lowest BCUT2D eigenvalue weighted by Crippen LogP contribution is -1.84. The van der Waals surface area contributed by atoms with Crippen molar-refractivity contribution in [2.45, 2.75) is 202 Å². The van der Waals surface area contributed by atoms with E-state index in [4.69, 9.17) is 0 Å². The maximum atomic E-state index is 2.47. The molecule has 19 aromatic rings. The zero-order chi connectivity index (χ0) is 74.6. The Hall–Kier alpha value is -6.20. The minimum Gasteiger partial charge on any atom is -0.141 e. The fourth-order valence-electron chi connectivity index (χ4n) is 15.7. The lowest BCUT2D eigenvalue weighted by molar-refractivity contribution is 0.557. The summed E-state index contributed by atoms with van der Waals surface area (Å²) in [6, 6.07) is 74.1. The maximum absolute atomic E-state index is 2.47. The number of hydrogen-bond donors (Lipinski definition) is 0. The molecule has 19 rings (SSSR count). The van der Waals surface area contributed by atoms with Crippen LogP contribution in [-0.4, -0.2) is 0 Å². The highest BCUT2D eigenvalue weighted by Crippen LogP contribution is 2.52. The molecule has 0 spiro atoms. The number of aryl methyl sites for hydroxylation is 6. The molecule has 10 heterocycles. The van der Waals surface area contributed by atoms with E-state index in [0.717, 1.165) is 0 Å². The summed E-state index contributed by atoms with van der Waals surface area (Å²) in [7, 11) is 0. The zero-order valence-electron chi connectivity index (χ0n) is 63.9. The first kappa shape index (κ1) is 76.4. The van der Waals surface area contributed by atoms with Gasteiger partial charge in [-0.1, -0.05) is 237 Å². The second kappa shape index (κ2) is 35.3. The predicted octanol–water partition coefficient (Wildman–Crippen LogP) is 37.3. The molecule has 0 aliphatic carbocycles. The summed E-state index contributed by atoms with van der Waals surface area (Å²) < 4.78 is 19.9. The molecule has 0 aliphatic rings. The molecule has 0 N–H and O–H groups in total. The van der Waals surface area contributed by atoms with Crippen LogP contribution >= 0.6 is 137 Å². The van der Waals surface area contributed by atoms with Crippen LogP contribution in [0, 0.1) is 27.7 Å². The first-order chi connectivity index (χ1) is 54.0. The summed E-state index contributed by atoms with van der Waals surface area (Å²) in [6.07, 6.45) is 30.5. The summed E-state index contributed by atoms with van der Waals surface area (Å²) in [5.74, 6) is 0. The molecule has 0 nitrogen and oxygen atoms in total. The third-order valence-electron chi connectivity index (χ3n) is 21.7. The number of thiophene rings is 10. The van der Waals surface area contributed by atoms with E-state index in [1.54, 1.807) is 9.75 Å². The van der Waals surface area contributed by atoms with Gasteiger partial charge in [0.25, 0.3) is 0 Å². The van der Waals surface area contributed by atoms with Gasteiger partial charge in [-0.15, -0.1) is 113 Å². The van der Waals surface area contributed by atoms with Crippen molar-refractivity contribution in [1.29, 1.82) is 0 Å². The van der Waals surface area contributed by atoms with Gasteiger partial charge in [-0.05, 0) is 186 Å². The van der Waals surface area contributed by atoms with E-state index in [9.17, 15) is 0 Å². The van der Waals surface area contributed by atoms with E-state index in [1.165, 1.54) is 322 Å². The first-order valence-corrected chi connectivity index (χ1v) is 49.9. The smallest absolute Gasteiger partial charge is 0.0542 e. The second-order valence-electron chi connectivity index (χ2n) is 30.2. The topological polar surface area (TPSA) is 0 Å². The summed E-state index contributed by atoms with van der Waals surface area (Å²) in [4.78, 5) is 13.9. The van der Waals surface area contributed by atoms with Crippen LogP contribution < -0.4 is 0 Å². The zero-order valence-corrected chi connectivity index (χ0v) is 73.7. The first-order valence-electron chi connectivity index (χ1n) is 40.1.